The Hall–Kier alpha value is -1.27. The fourth-order valence-corrected chi connectivity index (χ4v) is 6.11. The highest BCUT2D eigenvalue weighted by Gasteiger charge is 2.51. The van der Waals surface area contributed by atoms with E-state index in [1.807, 2.05) is 0 Å². The molecule has 2 bridgehead atoms. The number of aryl methyl sites for hydroxylation is 1. The van der Waals surface area contributed by atoms with Crippen LogP contribution >= 0.6 is 11.3 Å². The Morgan fingerprint density at radius 2 is 2.00 bits per heavy atom. The molecule has 3 heterocycles. The first-order chi connectivity index (χ1) is 11.2. The van der Waals surface area contributed by atoms with E-state index in [-0.39, 0.29) is 5.56 Å². The van der Waals surface area contributed by atoms with Crippen molar-refractivity contribution in [2.75, 3.05) is 13.1 Å². The van der Waals surface area contributed by atoms with Crippen LogP contribution in [0.3, 0.4) is 0 Å². The molecule has 0 amide bonds. The van der Waals surface area contributed by atoms with Crippen molar-refractivity contribution in [3.63, 3.8) is 0 Å². The maximum atomic E-state index is 12.3. The molecular formula is C17H22N4OS. The maximum absolute atomic E-state index is 12.3. The standard InChI is InChI=1S/C17H22N4OS/c1-2-15-19-21-16(22)6-12(18-17(21)23-15)7-20-8-13-10-3-4-11(5-10)14(13)9-20/h6,10-11,13-14H,2-5,7-9H2,1H3/t10-,11+,13-,14+. The molecule has 6 heteroatoms. The molecular weight excluding hydrogens is 308 g/mol. The molecule has 2 aliphatic carbocycles. The van der Waals surface area contributed by atoms with Crippen molar-refractivity contribution < 1.29 is 0 Å². The van der Waals surface area contributed by atoms with E-state index < -0.39 is 0 Å². The van der Waals surface area contributed by atoms with Crippen LogP contribution in [0.4, 0.5) is 0 Å². The molecule has 5 nitrogen and oxygen atoms in total. The van der Waals surface area contributed by atoms with Gasteiger partial charge in [0.25, 0.3) is 5.56 Å². The number of nitrogens with zero attached hydrogens (tertiary/aromatic N) is 4. The van der Waals surface area contributed by atoms with Gasteiger partial charge in [-0.1, -0.05) is 18.3 Å². The summed E-state index contributed by atoms with van der Waals surface area (Å²) < 4.78 is 1.45. The van der Waals surface area contributed by atoms with Crippen LogP contribution in [0.15, 0.2) is 10.9 Å². The Morgan fingerprint density at radius 3 is 2.70 bits per heavy atom. The molecule has 2 saturated carbocycles. The summed E-state index contributed by atoms with van der Waals surface area (Å²) in [5, 5.41) is 5.30. The van der Waals surface area contributed by atoms with Gasteiger partial charge in [0.2, 0.25) is 4.96 Å². The van der Waals surface area contributed by atoms with Crippen LogP contribution in [0.1, 0.15) is 36.9 Å². The summed E-state index contributed by atoms with van der Waals surface area (Å²) in [7, 11) is 0. The topological polar surface area (TPSA) is 50.5 Å². The number of hydrogen-bond donors (Lipinski definition) is 0. The average Bonchev–Trinajstić information content (AvgIpc) is 3.27. The molecule has 0 radical (unpaired) electrons. The second kappa shape index (κ2) is 5.11. The van der Waals surface area contributed by atoms with E-state index in [9.17, 15) is 4.79 Å². The molecule has 2 aromatic rings. The molecule has 1 saturated heterocycles. The van der Waals surface area contributed by atoms with Crippen molar-refractivity contribution in [1.29, 1.82) is 0 Å². The molecule has 0 spiro atoms. The van der Waals surface area contributed by atoms with E-state index in [4.69, 9.17) is 4.98 Å². The van der Waals surface area contributed by atoms with Gasteiger partial charge in [-0.25, -0.2) is 4.98 Å². The second-order valence-electron chi connectivity index (χ2n) is 7.48. The molecule has 0 N–H and O–H groups in total. The minimum Gasteiger partial charge on any atom is -0.297 e. The van der Waals surface area contributed by atoms with Crippen LogP contribution < -0.4 is 5.56 Å². The molecule has 0 unspecified atom stereocenters. The fraction of sp³-hybridized carbons (Fsp3) is 0.706. The molecule has 23 heavy (non-hydrogen) atoms. The summed E-state index contributed by atoms with van der Waals surface area (Å²) >= 11 is 1.53. The molecule has 3 aliphatic rings. The number of hydrogen-bond acceptors (Lipinski definition) is 5. The van der Waals surface area contributed by atoms with Crippen molar-refractivity contribution >= 4 is 16.3 Å². The van der Waals surface area contributed by atoms with E-state index in [1.54, 1.807) is 6.07 Å². The Morgan fingerprint density at radius 1 is 1.26 bits per heavy atom. The predicted molar refractivity (Wildman–Crippen MR) is 89.6 cm³/mol. The third-order valence-electron chi connectivity index (χ3n) is 6.24. The van der Waals surface area contributed by atoms with Gasteiger partial charge in [0.05, 0.1) is 5.69 Å². The van der Waals surface area contributed by atoms with Crippen molar-refractivity contribution in [2.45, 2.75) is 39.2 Å². The lowest BCUT2D eigenvalue weighted by Gasteiger charge is -2.22. The van der Waals surface area contributed by atoms with Crippen LogP contribution in [-0.2, 0) is 13.0 Å². The van der Waals surface area contributed by atoms with Crippen LogP contribution in [0.5, 0.6) is 0 Å². The van der Waals surface area contributed by atoms with E-state index in [2.05, 4.69) is 16.9 Å². The highest BCUT2D eigenvalue weighted by atomic mass is 32.1. The molecule has 122 valence electrons. The Kier molecular flexibility index (Phi) is 3.14. The minimum absolute atomic E-state index is 0.0413. The van der Waals surface area contributed by atoms with Crippen LogP contribution in [0.25, 0.3) is 4.96 Å². The number of fused-ring (bicyclic) bond motifs is 6. The SMILES string of the molecule is CCc1nn2c(=O)cc(CN3C[C@@H]4[C@@H]5CC[C@@H](C5)[C@@H]4C3)nc2s1. The van der Waals surface area contributed by atoms with Crippen molar-refractivity contribution in [3.05, 3.63) is 27.1 Å². The first kappa shape index (κ1) is 14.1. The van der Waals surface area contributed by atoms with Gasteiger partial charge in [-0.2, -0.15) is 9.61 Å². The zero-order chi connectivity index (χ0) is 15.6. The first-order valence-corrected chi connectivity index (χ1v) is 9.64. The second-order valence-corrected chi connectivity index (χ2v) is 8.52. The summed E-state index contributed by atoms with van der Waals surface area (Å²) in [6.45, 7) is 5.28. The van der Waals surface area contributed by atoms with Gasteiger partial charge in [-0.3, -0.25) is 9.69 Å². The van der Waals surface area contributed by atoms with Crippen molar-refractivity contribution in [3.8, 4) is 0 Å². The van der Waals surface area contributed by atoms with Gasteiger partial charge in [0, 0.05) is 25.7 Å². The highest BCUT2D eigenvalue weighted by molar-refractivity contribution is 7.16. The molecule has 5 rings (SSSR count). The first-order valence-electron chi connectivity index (χ1n) is 8.82. The van der Waals surface area contributed by atoms with Gasteiger partial charge >= 0.3 is 0 Å². The lowest BCUT2D eigenvalue weighted by molar-refractivity contribution is 0.281. The van der Waals surface area contributed by atoms with Gasteiger partial charge in [-0.05, 0) is 49.4 Å². The zero-order valence-corrected chi connectivity index (χ0v) is 14.3. The maximum Gasteiger partial charge on any atom is 0.275 e. The van der Waals surface area contributed by atoms with Gasteiger partial charge < -0.3 is 0 Å². The number of likely N-dealkylation sites (tertiary alicyclic amines) is 1. The third-order valence-corrected chi connectivity index (χ3v) is 7.29. The molecule has 3 fully saturated rings. The van der Waals surface area contributed by atoms with Gasteiger partial charge in [0.1, 0.15) is 5.01 Å². The van der Waals surface area contributed by atoms with E-state index >= 15 is 0 Å². The smallest absolute Gasteiger partial charge is 0.275 e. The Labute approximate surface area is 139 Å². The number of aromatic nitrogens is 3. The summed E-state index contributed by atoms with van der Waals surface area (Å²) in [5.41, 5.74) is 0.869. The fourth-order valence-electron chi connectivity index (χ4n) is 5.25. The molecule has 2 aromatic heterocycles. The molecule has 4 atom stereocenters. The van der Waals surface area contributed by atoms with E-state index in [1.165, 1.54) is 48.2 Å². The largest absolute Gasteiger partial charge is 0.297 e. The Bertz CT molecular complexity index is 795. The van der Waals surface area contributed by atoms with Crippen LogP contribution in [0.2, 0.25) is 0 Å². The van der Waals surface area contributed by atoms with Crippen LogP contribution in [-0.4, -0.2) is 32.6 Å². The zero-order valence-electron chi connectivity index (χ0n) is 13.4. The molecule has 0 aromatic carbocycles. The van der Waals surface area contributed by atoms with Gasteiger partial charge in [0.15, 0.2) is 0 Å². The summed E-state index contributed by atoms with van der Waals surface area (Å²) in [4.78, 5) is 20.2. The normalized spacial score (nSPS) is 32.9. The quantitative estimate of drug-likeness (QED) is 0.866. The highest BCUT2D eigenvalue weighted by Crippen LogP contribution is 2.55. The Balaban J connectivity index is 1.39. The lowest BCUT2D eigenvalue weighted by Crippen LogP contribution is -2.25. The average molecular weight is 330 g/mol. The van der Waals surface area contributed by atoms with Crippen molar-refractivity contribution in [1.82, 2.24) is 19.5 Å². The summed E-state index contributed by atoms with van der Waals surface area (Å²) in [6.07, 6.45) is 5.23. The van der Waals surface area contributed by atoms with E-state index in [0.29, 0.717) is 0 Å². The van der Waals surface area contributed by atoms with Gasteiger partial charge in [-0.15, -0.1) is 0 Å². The summed E-state index contributed by atoms with van der Waals surface area (Å²) in [5.74, 6) is 3.77. The van der Waals surface area contributed by atoms with Crippen molar-refractivity contribution in [2.24, 2.45) is 23.7 Å². The lowest BCUT2D eigenvalue weighted by atomic mass is 9.82. The number of rotatable bonds is 3. The summed E-state index contributed by atoms with van der Waals surface area (Å²) in [6, 6.07) is 1.68. The monoisotopic (exact) mass is 330 g/mol. The third kappa shape index (κ3) is 2.18. The minimum atomic E-state index is -0.0413. The predicted octanol–water partition coefficient (Wildman–Crippen LogP) is 2.19. The van der Waals surface area contributed by atoms with Crippen LogP contribution in [0, 0.1) is 23.7 Å². The van der Waals surface area contributed by atoms with E-state index in [0.717, 1.165) is 52.3 Å². The molecule has 1 aliphatic heterocycles.